The predicted molar refractivity (Wildman–Crippen MR) is 89.9 cm³/mol. The lowest BCUT2D eigenvalue weighted by Crippen LogP contribution is -2.23. The molecule has 0 bridgehead atoms. The van der Waals surface area contributed by atoms with Crippen molar-refractivity contribution in [2.75, 3.05) is 6.54 Å². The predicted octanol–water partition coefficient (Wildman–Crippen LogP) is 5.25. The summed E-state index contributed by atoms with van der Waals surface area (Å²) in [5, 5.41) is 3.64. The van der Waals surface area contributed by atoms with Crippen LogP contribution in [0.4, 0.5) is 0 Å². The third-order valence-corrected chi connectivity index (χ3v) is 4.88. The van der Waals surface area contributed by atoms with Crippen molar-refractivity contribution in [3.63, 3.8) is 0 Å². The summed E-state index contributed by atoms with van der Waals surface area (Å²) in [4.78, 5) is 1.35. The van der Waals surface area contributed by atoms with Crippen LogP contribution in [0.1, 0.15) is 42.3 Å². The molecule has 0 amide bonds. The molecule has 20 heavy (non-hydrogen) atoms. The van der Waals surface area contributed by atoms with Crippen LogP contribution in [-0.4, -0.2) is 6.54 Å². The highest BCUT2D eigenvalue weighted by atomic mass is 35.5. The molecule has 0 aliphatic heterocycles. The minimum Gasteiger partial charge on any atom is -0.310 e. The molecular weight excluding hydrogens is 286 g/mol. The maximum absolute atomic E-state index is 5.95. The molecule has 1 N–H and O–H groups in total. The summed E-state index contributed by atoms with van der Waals surface area (Å²) in [6.07, 6.45) is 3.25. The molecule has 2 rings (SSSR count). The summed E-state index contributed by atoms with van der Waals surface area (Å²) in [5.74, 6) is 0. The van der Waals surface area contributed by atoms with Gasteiger partial charge in [-0.25, -0.2) is 0 Å². The first kappa shape index (κ1) is 15.6. The third kappa shape index (κ3) is 4.34. The van der Waals surface area contributed by atoms with E-state index in [1.165, 1.54) is 16.0 Å². The quantitative estimate of drug-likeness (QED) is 0.737. The monoisotopic (exact) mass is 307 g/mol. The first-order chi connectivity index (χ1) is 9.72. The Kier molecular flexibility index (Phi) is 6.08. The van der Waals surface area contributed by atoms with E-state index in [1.54, 1.807) is 11.3 Å². The van der Waals surface area contributed by atoms with Crippen LogP contribution < -0.4 is 5.32 Å². The van der Waals surface area contributed by atoms with Gasteiger partial charge in [0.1, 0.15) is 0 Å². The van der Waals surface area contributed by atoms with Crippen LogP contribution in [0.5, 0.6) is 0 Å². The van der Waals surface area contributed by atoms with Gasteiger partial charge in [0, 0.05) is 17.5 Å². The second-order valence-corrected chi connectivity index (χ2v) is 6.77. The minimum absolute atomic E-state index is 0.441. The lowest BCUT2D eigenvalue weighted by molar-refractivity contribution is 0.523. The normalized spacial score (nSPS) is 12.6. The number of aryl methyl sites for hydroxylation is 1. The number of halogens is 1. The molecule has 0 fully saturated rings. The van der Waals surface area contributed by atoms with E-state index in [0.717, 1.165) is 30.1 Å². The second-order valence-electron chi connectivity index (χ2n) is 4.97. The van der Waals surface area contributed by atoms with Gasteiger partial charge in [-0.05, 0) is 42.5 Å². The maximum Gasteiger partial charge on any atom is 0.0931 e. The molecule has 0 saturated heterocycles. The molecular formula is C17H22ClNS. The van der Waals surface area contributed by atoms with Gasteiger partial charge in [-0.3, -0.25) is 0 Å². The van der Waals surface area contributed by atoms with E-state index in [9.17, 15) is 0 Å². The molecule has 1 aromatic heterocycles. The van der Waals surface area contributed by atoms with Crippen molar-refractivity contribution in [1.29, 1.82) is 0 Å². The van der Waals surface area contributed by atoms with Crippen LogP contribution in [0, 0.1) is 0 Å². The fraction of sp³-hybridized carbons (Fsp3) is 0.412. The zero-order chi connectivity index (χ0) is 14.4. The molecule has 0 saturated carbocycles. The summed E-state index contributed by atoms with van der Waals surface area (Å²) in [6.45, 7) is 5.41. The summed E-state index contributed by atoms with van der Waals surface area (Å²) < 4.78 is 0.877. The van der Waals surface area contributed by atoms with Crippen LogP contribution in [0.25, 0.3) is 0 Å². The molecule has 1 unspecified atom stereocenters. The zero-order valence-corrected chi connectivity index (χ0v) is 13.7. The number of rotatable bonds is 7. The number of thiophene rings is 1. The highest BCUT2D eigenvalue weighted by Crippen LogP contribution is 2.22. The van der Waals surface area contributed by atoms with Crippen molar-refractivity contribution in [3.05, 3.63) is 56.7 Å². The lowest BCUT2D eigenvalue weighted by Gasteiger charge is -2.17. The average Bonchev–Trinajstić information content (AvgIpc) is 2.89. The maximum atomic E-state index is 5.95. The third-order valence-electron chi connectivity index (χ3n) is 3.59. The minimum atomic E-state index is 0.441. The Morgan fingerprint density at radius 3 is 2.40 bits per heavy atom. The summed E-state index contributed by atoms with van der Waals surface area (Å²) in [7, 11) is 0. The van der Waals surface area contributed by atoms with Crippen molar-refractivity contribution in [2.45, 2.75) is 39.2 Å². The Hall–Kier alpha value is -0.830. The molecule has 0 spiro atoms. The average molecular weight is 308 g/mol. The zero-order valence-electron chi connectivity index (χ0n) is 12.2. The van der Waals surface area contributed by atoms with E-state index < -0.39 is 0 Å². The highest BCUT2D eigenvalue weighted by Gasteiger charge is 2.08. The Morgan fingerprint density at radius 2 is 1.85 bits per heavy atom. The van der Waals surface area contributed by atoms with Crippen molar-refractivity contribution in [3.8, 4) is 0 Å². The van der Waals surface area contributed by atoms with Crippen LogP contribution in [0.15, 0.2) is 36.4 Å². The molecule has 1 atom stereocenters. The molecule has 1 heterocycles. The van der Waals surface area contributed by atoms with Crippen molar-refractivity contribution < 1.29 is 0 Å². The number of benzene rings is 1. The van der Waals surface area contributed by atoms with Gasteiger partial charge < -0.3 is 5.32 Å². The molecule has 0 aliphatic rings. The van der Waals surface area contributed by atoms with Gasteiger partial charge >= 0.3 is 0 Å². The van der Waals surface area contributed by atoms with Gasteiger partial charge in [-0.15, -0.1) is 11.3 Å². The van der Waals surface area contributed by atoms with E-state index in [-0.39, 0.29) is 0 Å². The molecule has 3 heteroatoms. The molecule has 1 aromatic carbocycles. The standard InChI is InChI=1S/C17H22ClNS/c1-3-13-5-7-14(8-6-13)16(4-2)19-12-11-15-9-10-17(18)20-15/h5-10,16,19H,3-4,11-12H2,1-2H3. The van der Waals surface area contributed by atoms with E-state index in [2.05, 4.69) is 49.5 Å². The fourth-order valence-electron chi connectivity index (χ4n) is 2.34. The van der Waals surface area contributed by atoms with Crippen LogP contribution in [0.2, 0.25) is 4.34 Å². The lowest BCUT2D eigenvalue weighted by atomic mass is 10.0. The summed E-state index contributed by atoms with van der Waals surface area (Å²) >= 11 is 7.62. The van der Waals surface area contributed by atoms with Crippen LogP contribution in [-0.2, 0) is 12.8 Å². The van der Waals surface area contributed by atoms with E-state index in [4.69, 9.17) is 11.6 Å². The van der Waals surface area contributed by atoms with E-state index in [0.29, 0.717) is 6.04 Å². The van der Waals surface area contributed by atoms with Gasteiger partial charge in [0.05, 0.1) is 4.34 Å². The number of hydrogen-bond donors (Lipinski definition) is 1. The van der Waals surface area contributed by atoms with Gasteiger partial charge in [0.2, 0.25) is 0 Å². The summed E-state index contributed by atoms with van der Waals surface area (Å²) in [6, 6.07) is 13.5. The second kappa shape index (κ2) is 7.82. The number of nitrogens with one attached hydrogen (secondary N) is 1. The Morgan fingerprint density at radius 1 is 1.10 bits per heavy atom. The topological polar surface area (TPSA) is 12.0 Å². The van der Waals surface area contributed by atoms with Gasteiger partial charge in [-0.2, -0.15) is 0 Å². The van der Waals surface area contributed by atoms with Crippen LogP contribution in [0.3, 0.4) is 0 Å². The smallest absolute Gasteiger partial charge is 0.0931 e. The highest BCUT2D eigenvalue weighted by molar-refractivity contribution is 7.16. The first-order valence-electron chi connectivity index (χ1n) is 7.29. The number of hydrogen-bond acceptors (Lipinski definition) is 2. The van der Waals surface area contributed by atoms with Crippen molar-refractivity contribution in [2.24, 2.45) is 0 Å². The fourth-order valence-corrected chi connectivity index (χ4v) is 3.43. The van der Waals surface area contributed by atoms with Gasteiger partial charge in [0.15, 0.2) is 0 Å². The molecule has 0 aliphatic carbocycles. The van der Waals surface area contributed by atoms with Crippen molar-refractivity contribution >= 4 is 22.9 Å². The first-order valence-corrected chi connectivity index (χ1v) is 8.48. The van der Waals surface area contributed by atoms with Gasteiger partial charge in [0.25, 0.3) is 0 Å². The molecule has 1 nitrogen and oxygen atoms in total. The molecule has 0 radical (unpaired) electrons. The van der Waals surface area contributed by atoms with Crippen molar-refractivity contribution in [1.82, 2.24) is 5.32 Å². The Bertz CT molecular complexity index is 518. The van der Waals surface area contributed by atoms with Crippen LogP contribution >= 0.6 is 22.9 Å². The van der Waals surface area contributed by atoms with Gasteiger partial charge in [-0.1, -0.05) is 49.7 Å². The Balaban J connectivity index is 1.88. The SMILES string of the molecule is CCc1ccc(C(CC)NCCc2ccc(Cl)s2)cc1. The summed E-state index contributed by atoms with van der Waals surface area (Å²) in [5.41, 5.74) is 2.78. The van der Waals surface area contributed by atoms with E-state index in [1.807, 2.05) is 6.07 Å². The molecule has 2 aromatic rings. The Labute approximate surface area is 131 Å². The molecule has 108 valence electrons. The van der Waals surface area contributed by atoms with E-state index >= 15 is 0 Å². The largest absolute Gasteiger partial charge is 0.310 e.